The van der Waals surface area contributed by atoms with Crippen LogP contribution in [-0.4, -0.2) is 44.0 Å². The number of halogens is 2. The van der Waals surface area contributed by atoms with E-state index in [0.29, 0.717) is 35.8 Å². The molecule has 0 aliphatic carbocycles. The molecule has 2 aromatic carbocycles. The van der Waals surface area contributed by atoms with E-state index in [2.05, 4.69) is 15.3 Å². The van der Waals surface area contributed by atoms with Gasteiger partial charge in [0, 0.05) is 42.4 Å². The number of amides is 1. The SMILES string of the molecule is Cc1ccc2c(c1)CN(CC(C)(C)F)C(=O)c1ncn3c(NCc4c(F)ccc5c4CCO5)ncc-2c13. The molecule has 4 aromatic rings. The normalized spacial score (nSPS) is 14.7. The van der Waals surface area contributed by atoms with E-state index in [4.69, 9.17) is 4.74 Å². The van der Waals surface area contributed by atoms with E-state index >= 15 is 0 Å². The first-order chi connectivity index (χ1) is 17.7. The van der Waals surface area contributed by atoms with Crippen molar-refractivity contribution in [3.8, 4) is 16.9 Å². The fourth-order valence-corrected chi connectivity index (χ4v) is 5.30. The summed E-state index contributed by atoms with van der Waals surface area (Å²) in [4.78, 5) is 24.2. The number of imidazole rings is 1. The topological polar surface area (TPSA) is 71.8 Å². The van der Waals surface area contributed by atoms with Gasteiger partial charge in [0.05, 0.1) is 18.7 Å². The van der Waals surface area contributed by atoms with Crippen molar-refractivity contribution in [2.24, 2.45) is 0 Å². The lowest BCUT2D eigenvalue weighted by Crippen LogP contribution is -2.40. The van der Waals surface area contributed by atoms with Gasteiger partial charge in [0.25, 0.3) is 5.91 Å². The predicted molar refractivity (Wildman–Crippen MR) is 136 cm³/mol. The summed E-state index contributed by atoms with van der Waals surface area (Å²) in [5, 5.41) is 3.23. The van der Waals surface area contributed by atoms with Gasteiger partial charge in [-0.1, -0.05) is 23.8 Å². The summed E-state index contributed by atoms with van der Waals surface area (Å²) >= 11 is 0. The van der Waals surface area contributed by atoms with Gasteiger partial charge in [0.2, 0.25) is 5.95 Å². The van der Waals surface area contributed by atoms with E-state index in [9.17, 15) is 13.6 Å². The van der Waals surface area contributed by atoms with Crippen molar-refractivity contribution in [1.82, 2.24) is 19.3 Å². The molecule has 2 aromatic heterocycles. The Morgan fingerprint density at radius 2 is 2.00 bits per heavy atom. The smallest absolute Gasteiger partial charge is 0.275 e. The number of nitrogens with zero attached hydrogens (tertiary/aromatic N) is 4. The third-order valence-electron chi connectivity index (χ3n) is 6.90. The minimum absolute atomic E-state index is 0.0653. The van der Waals surface area contributed by atoms with Gasteiger partial charge < -0.3 is 15.0 Å². The number of nitrogens with one attached hydrogen (secondary N) is 1. The zero-order valence-electron chi connectivity index (χ0n) is 20.9. The summed E-state index contributed by atoms with van der Waals surface area (Å²) in [5.74, 6) is 0.469. The lowest BCUT2D eigenvalue weighted by Gasteiger charge is -2.30. The van der Waals surface area contributed by atoms with Gasteiger partial charge in [-0.25, -0.2) is 18.7 Å². The highest BCUT2D eigenvalue weighted by Gasteiger charge is 2.32. The van der Waals surface area contributed by atoms with Gasteiger partial charge in [0.15, 0.2) is 5.69 Å². The van der Waals surface area contributed by atoms with Crippen LogP contribution in [0.4, 0.5) is 14.7 Å². The second kappa shape index (κ2) is 8.54. The number of carbonyl (C=O) groups is 1. The molecular formula is C28H27F2N5O2. The number of ether oxygens (including phenoxy) is 1. The predicted octanol–water partition coefficient (Wildman–Crippen LogP) is 5.09. The van der Waals surface area contributed by atoms with Gasteiger partial charge in [-0.3, -0.25) is 9.20 Å². The Hall–Kier alpha value is -4.01. The minimum atomic E-state index is -1.57. The minimum Gasteiger partial charge on any atom is -0.493 e. The quantitative estimate of drug-likeness (QED) is 0.411. The average Bonchev–Trinajstić information content (AvgIpc) is 3.49. The van der Waals surface area contributed by atoms with E-state index in [1.54, 1.807) is 16.7 Å². The third kappa shape index (κ3) is 4.08. The van der Waals surface area contributed by atoms with E-state index < -0.39 is 5.67 Å². The third-order valence-corrected chi connectivity index (χ3v) is 6.90. The van der Waals surface area contributed by atoms with Crippen molar-refractivity contribution < 1.29 is 18.3 Å². The van der Waals surface area contributed by atoms with Gasteiger partial charge >= 0.3 is 0 Å². The largest absolute Gasteiger partial charge is 0.493 e. The highest BCUT2D eigenvalue weighted by molar-refractivity contribution is 6.04. The molecule has 190 valence electrons. The van der Waals surface area contributed by atoms with Crippen LogP contribution in [0, 0.1) is 12.7 Å². The van der Waals surface area contributed by atoms with Gasteiger partial charge in [-0.2, -0.15) is 0 Å². The number of hydrogen-bond donors (Lipinski definition) is 1. The molecule has 0 unspecified atom stereocenters. The van der Waals surface area contributed by atoms with Crippen LogP contribution in [0.1, 0.15) is 46.6 Å². The Kier molecular flexibility index (Phi) is 5.40. The van der Waals surface area contributed by atoms with Crippen molar-refractivity contribution in [3.63, 3.8) is 0 Å². The van der Waals surface area contributed by atoms with Crippen LogP contribution < -0.4 is 10.1 Å². The van der Waals surface area contributed by atoms with Crippen molar-refractivity contribution in [3.05, 3.63) is 76.6 Å². The first kappa shape index (κ1) is 23.4. The van der Waals surface area contributed by atoms with E-state index in [1.807, 2.05) is 25.1 Å². The van der Waals surface area contributed by atoms with Crippen LogP contribution in [0.2, 0.25) is 0 Å². The maximum atomic E-state index is 14.7. The zero-order chi connectivity index (χ0) is 25.9. The Balaban J connectivity index is 1.46. The number of alkyl halides is 1. The number of anilines is 1. The first-order valence-corrected chi connectivity index (χ1v) is 12.3. The molecule has 6 rings (SSSR count). The molecule has 37 heavy (non-hydrogen) atoms. The standard InChI is InChI=1S/C28H27F2N5O2/c1-16-4-5-18-17(10-16)13-34(14-28(2,3)30)26(36)24-25-21(18)12-32-27(35(25)15-33-24)31-11-20-19-8-9-37-23(19)7-6-22(20)29/h4-7,10,12,15H,8-9,11,13-14H2,1-3H3,(H,31,32). The van der Waals surface area contributed by atoms with Crippen LogP contribution in [0.15, 0.2) is 42.9 Å². The molecule has 0 radical (unpaired) electrons. The van der Waals surface area contributed by atoms with Crippen LogP contribution >= 0.6 is 0 Å². The molecule has 1 N–H and O–H groups in total. The maximum absolute atomic E-state index is 14.7. The number of fused-ring (bicyclic) bond motifs is 3. The van der Waals surface area contributed by atoms with Crippen LogP contribution in [0.3, 0.4) is 0 Å². The molecule has 0 fully saturated rings. The highest BCUT2D eigenvalue weighted by atomic mass is 19.1. The Morgan fingerprint density at radius 1 is 1.16 bits per heavy atom. The number of carbonyl (C=O) groups excluding carboxylic acids is 1. The molecule has 0 spiro atoms. The maximum Gasteiger partial charge on any atom is 0.275 e. The van der Waals surface area contributed by atoms with Gasteiger partial charge in [0.1, 0.15) is 23.6 Å². The molecule has 7 nitrogen and oxygen atoms in total. The fourth-order valence-electron chi connectivity index (χ4n) is 5.30. The number of hydrogen-bond acceptors (Lipinski definition) is 5. The Bertz CT molecular complexity index is 1560. The van der Waals surface area contributed by atoms with Crippen LogP contribution in [-0.2, 0) is 19.5 Å². The fraction of sp³-hybridized carbons (Fsp3) is 0.321. The summed E-state index contributed by atoms with van der Waals surface area (Å²) in [5.41, 5.74) is 4.26. The molecule has 2 aliphatic rings. The highest BCUT2D eigenvalue weighted by Crippen LogP contribution is 2.36. The molecule has 9 heteroatoms. The average molecular weight is 504 g/mol. The van der Waals surface area contributed by atoms with Crippen molar-refractivity contribution in [2.75, 3.05) is 18.5 Å². The number of benzene rings is 2. The molecule has 2 aliphatic heterocycles. The van der Waals surface area contributed by atoms with Crippen molar-refractivity contribution in [1.29, 1.82) is 0 Å². The molecule has 0 atom stereocenters. The summed E-state index contributed by atoms with van der Waals surface area (Å²) in [6.45, 7) is 5.83. The van der Waals surface area contributed by atoms with Crippen LogP contribution in [0.25, 0.3) is 16.6 Å². The first-order valence-electron chi connectivity index (χ1n) is 12.3. The summed E-state index contributed by atoms with van der Waals surface area (Å²) in [6.07, 6.45) is 3.90. The molecule has 0 saturated carbocycles. The Morgan fingerprint density at radius 3 is 2.81 bits per heavy atom. The summed E-state index contributed by atoms with van der Waals surface area (Å²) in [7, 11) is 0. The summed E-state index contributed by atoms with van der Waals surface area (Å²) in [6, 6.07) is 9.09. The Labute approximate surface area is 213 Å². The second-order valence-corrected chi connectivity index (χ2v) is 10.3. The molecule has 1 amide bonds. The van der Waals surface area contributed by atoms with Gasteiger partial charge in [-0.15, -0.1) is 0 Å². The zero-order valence-corrected chi connectivity index (χ0v) is 20.9. The monoisotopic (exact) mass is 503 g/mol. The van der Waals surface area contributed by atoms with E-state index in [-0.39, 0.29) is 37.1 Å². The number of aryl methyl sites for hydroxylation is 1. The number of rotatable bonds is 5. The second-order valence-electron chi connectivity index (χ2n) is 10.3. The van der Waals surface area contributed by atoms with Crippen molar-refractivity contribution in [2.45, 2.75) is 46.0 Å². The molecule has 4 heterocycles. The summed E-state index contributed by atoms with van der Waals surface area (Å²) < 4.78 is 36.7. The molecule has 0 bridgehead atoms. The van der Waals surface area contributed by atoms with Crippen molar-refractivity contribution >= 4 is 17.4 Å². The lowest BCUT2D eigenvalue weighted by atomic mass is 9.95. The van der Waals surface area contributed by atoms with Gasteiger partial charge in [-0.05, 0) is 44.0 Å². The van der Waals surface area contributed by atoms with Crippen LogP contribution in [0.5, 0.6) is 5.75 Å². The lowest BCUT2D eigenvalue weighted by molar-refractivity contribution is 0.0607. The number of aromatic nitrogens is 3. The van der Waals surface area contributed by atoms with E-state index in [1.165, 1.54) is 31.1 Å². The van der Waals surface area contributed by atoms with E-state index in [0.717, 1.165) is 27.8 Å². The molecule has 0 saturated heterocycles. The molecular weight excluding hydrogens is 476 g/mol.